The molecule has 3 aromatic rings. The Morgan fingerprint density at radius 3 is 2.41 bits per heavy atom. The maximum atomic E-state index is 14.3. The fraction of sp³-hybridized carbons (Fsp3) is 0.0500. The Balaban J connectivity index is 2.05. The second-order valence-corrected chi connectivity index (χ2v) is 8.24. The van der Waals surface area contributed by atoms with Crippen LogP contribution in [0.1, 0.15) is 11.1 Å². The van der Waals surface area contributed by atoms with Crippen molar-refractivity contribution in [2.24, 2.45) is 0 Å². The van der Waals surface area contributed by atoms with Crippen LogP contribution in [0.3, 0.4) is 0 Å². The zero-order valence-electron chi connectivity index (χ0n) is 13.9. The van der Waals surface area contributed by atoms with Crippen LogP contribution in [0.15, 0.2) is 65.6 Å². The number of halogens is 2. The standard InChI is InChI=1S/C20H13ClFNO3S/c21-17-9-15(11-23)20(24)19(10-17)27(25,26)12-16-8-14(6-7-18(16)22)13-4-2-1-3-5-13/h1-10,24H,12H2. The van der Waals surface area contributed by atoms with Crippen LogP contribution in [0, 0.1) is 17.1 Å². The first-order chi connectivity index (χ1) is 12.8. The number of hydrogen-bond donors (Lipinski definition) is 1. The lowest BCUT2D eigenvalue weighted by atomic mass is 10.0. The van der Waals surface area contributed by atoms with Gasteiger partial charge in [0.05, 0.1) is 11.3 Å². The summed E-state index contributed by atoms with van der Waals surface area (Å²) in [6.45, 7) is 0. The Labute approximate surface area is 161 Å². The summed E-state index contributed by atoms with van der Waals surface area (Å²) in [4.78, 5) is -0.504. The van der Waals surface area contributed by atoms with Gasteiger partial charge in [-0.1, -0.05) is 48.0 Å². The Morgan fingerprint density at radius 1 is 1.04 bits per heavy atom. The molecule has 0 bridgehead atoms. The predicted molar refractivity (Wildman–Crippen MR) is 101 cm³/mol. The molecule has 4 nitrogen and oxygen atoms in total. The Kier molecular flexibility index (Phi) is 5.17. The number of rotatable bonds is 4. The molecule has 1 N–H and O–H groups in total. The number of sulfone groups is 1. The van der Waals surface area contributed by atoms with Crippen LogP contribution in [0.4, 0.5) is 4.39 Å². The van der Waals surface area contributed by atoms with Gasteiger partial charge in [-0.25, -0.2) is 12.8 Å². The van der Waals surface area contributed by atoms with Crippen LogP contribution in [0.5, 0.6) is 5.75 Å². The summed E-state index contributed by atoms with van der Waals surface area (Å²) in [6, 6.07) is 17.2. The molecule has 0 saturated carbocycles. The van der Waals surface area contributed by atoms with E-state index in [0.717, 1.165) is 17.7 Å². The summed E-state index contributed by atoms with van der Waals surface area (Å²) >= 11 is 5.85. The van der Waals surface area contributed by atoms with Crippen LogP contribution >= 0.6 is 11.6 Å². The molecule has 0 saturated heterocycles. The average molecular weight is 402 g/mol. The molecule has 0 aliphatic carbocycles. The van der Waals surface area contributed by atoms with Crippen LogP contribution < -0.4 is 0 Å². The Morgan fingerprint density at radius 2 is 1.74 bits per heavy atom. The van der Waals surface area contributed by atoms with E-state index in [4.69, 9.17) is 16.9 Å². The van der Waals surface area contributed by atoms with E-state index < -0.39 is 32.1 Å². The number of phenolic OH excluding ortho intramolecular Hbond substituents is 1. The summed E-state index contributed by atoms with van der Waals surface area (Å²) < 4.78 is 39.7. The highest BCUT2D eigenvalue weighted by Gasteiger charge is 2.24. The van der Waals surface area contributed by atoms with Crippen molar-refractivity contribution in [2.75, 3.05) is 0 Å². The zero-order valence-corrected chi connectivity index (χ0v) is 15.4. The monoisotopic (exact) mass is 401 g/mol. The molecule has 27 heavy (non-hydrogen) atoms. The average Bonchev–Trinajstić information content (AvgIpc) is 2.65. The third kappa shape index (κ3) is 3.95. The minimum absolute atomic E-state index is 0.0126. The fourth-order valence-electron chi connectivity index (χ4n) is 2.67. The van der Waals surface area contributed by atoms with Crippen molar-refractivity contribution in [3.8, 4) is 22.9 Å². The molecule has 0 heterocycles. The first-order valence-corrected chi connectivity index (χ1v) is 9.84. The third-order valence-corrected chi connectivity index (χ3v) is 5.88. The maximum Gasteiger partial charge on any atom is 0.186 e. The number of phenols is 1. The number of benzene rings is 3. The molecule has 0 radical (unpaired) electrons. The number of hydrogen-bond acceptors (Lipinski definition) is 4. The quantitative estimate of drug-likeness (QED) is 0.687. The molecule has 7 heteroatoms. The Hall–Kier alpha value is -2.88. The highest BCUT2D eigenvalue weighted by atomic mass is 35.5. The second-order valence-electron chi connectivity index (χ2n) is 5.84. The SMILES string of the molecule is N#Cc1cc(Cl)cc(S(=O)(=O)Cc2cc(-c3ccccc3)ccc2F)c1O. The molecule has 0 amide bonds. The largest absolute Gasteiger partial charge is 0.505 e. The first kappa shape index (κ1) is 18.9. The Bertz CT molecular complexity index is 1160. The van der Waals surface area contributed by atoms with Crippen LogP contribution in [-0.2, 0) is 15.6 Å². The zero-order chi connectivity index (χ0) is 19.6. The predicted octanol–water partition coefficient (Wildman–Crippen LogP) is 4.70. The van der Waals surface area contributed by atoms with Gasteiger partial charge in [0.25, 0.3) is 0 Å². The summed E-state index contributed by atoms with van der Waals surface area (Å²) in [6.07, 6.45) is 0. The van der Waals surface area contributed by atoms with Crippen molar-refractivity contribution in [3.05, 3.63) is 82.6 Å². The van der Waals surface area contributed by atoms with Gasteiger partial charge < -0.3 is 5.11 Å². The normalized spacial score (nSPS) is 11.1. The summed E-state index contributed by atoms with van der Waals surface area (Å²) in [7, 11) is -4.15. The topological polar surface area (TPSA) is 78.2 Å². The first-order valence-electron chi connectivity index (χ1n) is 7.81. The number of nitriles is 1. The number of aromatic hydroxyl groups is 1. The molecule has 0 atom stereocenters. The van der Waals surface area contributed by atoms with Gasteiger partial charge in [-0.15, -0.1) is 0 Å². The molecule has 136 valence electrons. The van der Waals surface area contributed by atoms with Crippen LogP contribution in [0.2, 0.25) is 5.02 Å². The smallest absolute Gasteiger partial charge is 0.186 e. The van der Waals surface area contributed by atoms with Gasteiger partial charge in [-0.05, 0) is 35.4 Å². The minimum atomic E-state index is -4.15. The third-order valence-electron chi connectivity index (χ3n) is 3.99. The van der Waals surface area contributed by atoms with Crippen molar-refractivity contribution in [1.82, 2.24) is 0 Å². The molecule has 0 aliphatic rings. The molecule has 0 fully saturated rings. The molecule has 0 unspecified atom stereocenters. The van der Waals surface area contributed by atoms with Gasteiger partial charge in [0, 0.05) is 10.6 Å². The van der Waals surface area contributed by atoms with E-state index in [2.05, 4.69) is 0 Å². The lowest BCUT2D eigenvalue weighted by Crippen LogP contribution is -2.08. The van der Waals surface area contributed by atoms with E-state index in [0.29, 0.717) is 5.56 Å². The van der Waals surface area contributed by atoms with E-state index in [1.54, 1.807) is 12.1 Å². The van der Waals surface area contributed by atoms with E-state index in [1.165, 1.54) is 12.1 Å². The molecular weight excluding hydrogens is 389 g/mol. The van der Waals surface area contributed by atoms with Gasteiger partial charge in [0.15, 0.2) is 15.6 Å². The highest BCUT2D eigenvalue weighted by molar-refractivity contribution is 7.90. The number of nitrogens with zero attached hydrogens (tertiary/aromatic N) is 1. The van der Waals surface area contributed by atoms with Crippen molar-refractivity contribution in [3.63, 3.8) is 0 Å². The molecular formula is C20H13ClFNO3S. The van der Waals surface area contributed by atoms with Crippen LogP contribution in [-0.4, -0.2) is 13.5 Å². The van der Waals surface area contributed by atoms with Gasteiger partial charge in [0.2, 0.25) is 0 Å². The van der Waals surface area contributed by atoms with E-state index >= 15 is 0 Å². The van der Waals surface area contributed by atoms with Gasteiger partial charge in [-0.2, -0.15) is 5.26 Å². The highest BCUT2D eigenvalue weighted by Crippen LogP contribution is 2.33. The van der Waals surface area contributed by atoms with Crippen molar-refractivity contribution in [1.29, 1.82) is 5.26 Å². The van der Waals surface area contributed by atoms with Gasteiger partial charge in [0.1, 0.15) is 16.8 Å². The molecule has 0 aliphatic heterocycles. The van der Waals surface area contributed by atoms with Gasteiger partial charge >= 0.3 is 0 Å². The van der Waals surface area contributed by atoms with Gasteiger partial charge in [-0.3, -0.25) is 0 Å². The van der Waals surface area contributed by atoms with Crippen LogP contribution in [0.25, 0.3) is 11.1 Å². The summed E-state index contributed by atoms with van der Waals surface area (Å²) in [5.74, 6) is -2.06. The van der Waals surface area contributed by atoms with E-state index in [9.17, 15) is 17.9 Å². The van der Waals surface area contributed by atoms with E-state index in [1.807, 2.05) is 30.3 Å². The molecule has 0 spiro atoms. The molecule has 3 aromatic carbocycles. The summed E-state index contributed by atoms with van der Waals surface area (Å²) in [5, 5.41) is 19.1. The summed E-state index contributed by atoms with van der Waals surface area (Å²) in [5.41, 5.74) is 1.16. The van der Waals surface area contributed by atoms with Crippen molar-refractivity contribution < 1.29 is 17.9 Å². The molecule has 0 aromatic heterocycles. The fourth-order valence-corrected chi connectivity index (χ4v) is 4.45. The molecule has 3 rings (SSSR count). The van der Waals surface area contributed by atoms with Crippen molar-refractivity contribution >= 4 is 21.4 Å². The minimum Gasteiger partial charge on any atom is -0.505 e. The lowest BCUT2D eigenvalue weighted by molar-refractivity contribution is 0.457. The maximum absolute atomic E-state index is 14.3. The van der Waals surface area contributed by atoms with E-state index in [-0.39, 0.29) is 16.1 Å². The lowest BCUT2D eigenvalue weighted by Gasteiger charge is -2.11. The van der Waals surface area contributed by atoms with Crippen molar-refractivity contribution in [2.45, 2.75) is 10.6 Å². The second kappa shape index (κ2) is 7.39.